The Morgan fingerprint density at radius 3 is 2.31 bits per heavy atom. The lowest BCUT2D eigenvalue weighted by Gasteiger charge is -2.31. The Morgan fingerprint density at radius 1 is 1.04 bits per heavy atom. The number of nitrogen functional groups attached to an aromatic ring is 1. The number of nitrogens with zero attached hydrogens (tertiary/aromatic N) is 1. The molecule has 1 amide bonds. The van der Waals surface area contributed by atoms with Crippen LogP contribution in [0, 0.1) is 11.3 Å². The Kier molecular flexibility index (Phi) is 6.02. The molecule has 26 heavy (non-hydrogen) atoms. The van der Waals surface area contributed by atoms with Gasteiger partial charge < -0.3 is 11.1 Å². The standard InChI is InChI=1S/C21H26N4O/c22-20(23)18-8-6-16(7-9-18)14-24-21(26)19-10-12-25(13-11-19)15-17-4-2-1-3-5-17/h1-9,19H,10-15H2,(H3,22,23)(H,24,26). The van der Waals surface area contributed by atoms with Crippen LogP contribution in [-0.2, 0) is 17.9 Å². The van der Waals surface area contributed by atoms with Gasteiger partial charge >= 0.3 is 0 Å². The number of nitrogens with two attached hydrogens (primary N) is 1. The van der Waals surface area contributed by atoms with Gasteiger partial charge in [-0.25, -0.2) is 0 Å². The van der Waals surface area contributed by atoms with Crippen molar-refractivity contribution in [3.05, 3.63) is 71.3 Å². The molecule has 136 valence electrons. The summed E-state index contributed by atoms with van der Waals surface area (Å²) in [6, 6.07) is 17.9. The number of nitrogens with one attached hydrogen (secondary N) is 2. The molecular weight excluding hydrogens is 324 g/mol. The van der Waals surface area contributed by atoms with Gasteiger partial charge in [-0.2, -0.15) is 0 Å². The number of amidine groups is 1. The molecule has 0 saturated carbocycles. The summed E-state index contributed by atoms with van der Waals surface area (Å²) in [6.45, 7) is 3.39. The van der Waals surface area contributed by atoms with E-state index in [1.165, 1.54) is 5.56 Å². The zero-order chi connectivity index (χ0) is 18.4. The van der Waals surface area contributed by atoms with Crippen LogP contribution in [0.5, 0.6) is 0 Å². The fraction of sp³-hybridized carbons (Fsp3) is 0.333. The summed E-state index contributed by atoms with van der Waals surface area (Å²) >= 11 is 0. The molecule has 0 aliphatic carbocycles. The molecule has 1 aliphatic rings. The van der Waals surface area contributed by atoms with Crippen molar-refractivity contribution in [1.29, 1.82) is 5.41 Å². The van der Waals surface area contributed by atoms with Crippen LogP contribution in [0.25, 0.3) is 0 Å². The Morgan fingerprint density at radius 2 is 1.69 bits per heavy atom. The summed E-state index contributed by atoms with van der Waals surface area (Å²) in [5, 5.41) is 10.4. The van der Waals surface area contributed by atoms with Crippen LogP contribution in [0.2, 0.25) is 0 Å². The van der Waals surface area contributed by atoms with Crippen LogP contribution in [-0.4, -0.2) is 29.7 Å². The van der Waals surface area contributed by atoms with Crippen molar-refractivity contribution >= 4 is 11.7 Å². The minimum absolute atomic E-state index is 0.0582. The Labute approximate surface area is 154 Å². The largest absolute Gasteiger partial charge is 0.384 e. The monoisotopic (exact) mass is 350 g/mol. The van der Waals surface area contributed by atoms with Crippen LogP contribution in [0.15, 0.2) is 54.6 Å². The van der Waals surface area contributed by atoms with Crippen molar-refractivity contribution in [3.8, 4) is 0 Å². The summed E-state index contributed by atoms with van der Waals surface area (Å²) < 4.78 is 0. The predicted octanol–water partition coefficient (Wildman–Crippen LogP) is 2.50. The van der Waals surface area contributed by atoms with E-state index in [1.807, 2.05) is 30.3 Å². The van der Waals surface area contributed by atoms with Crippen molar-refractivity contribution in [3.63, 3.8) is 0 Å². The lowest BCUT2D eigenvalue weighted by molar-refractivity contribution is -0.126. The third-order valence-electron chi connectivity index (χ3n) is 4.94. The van der Waals surface area contributed by atoms with Gasteiger partial charge in [0.2, 0.25) is 5.91 Å². The second-order valence-corrected chi connectivity index (χ2v) is 6.86. The average molecular weight is 350 g/mol. The molecule has 2 aromatic carbocycles. The van der Waals surface area contributed by atoms with Crippen molar-refractivity contribution in [2.75, 3.05) is 13.1 Å². The lowest BCUT2D eigenvalue weighted by atomic mass is 9.95. The highest BCUT2D eigenvalue weighted by Crippen LogP contribution is 2.19. The summed E-state index contributed by atoms with van der Waals surface area (Å²) in [6.07, 6.45) is 1.81. The first kappa shape index (κ1) is 18.1. The topological polar surface area (TPSA) is 82.2 Å². The quantitative estimate of drug-likeness (QED) is 0.553. The first-order chi connectivity index (χ1) is 12.6. The van der Waals surface area contributed by atoms with E-state index in [1.54, 1.807) is 0 Å². The van der Waals surface area contributed by atoms with E-state index < -0.39 is 0 Å². The number of piperidine rings is 1. The third-order valence-corrected chi connectivity index (χ3v) is 4.94. The van der Waals surface area contributed by atoms with Gasteiger partial charge in [0, 0.05) is 24.6 Å². The van der Waals surface area contributed by atoms with Gasteiger partial charge in [-0.15, -0.1) is 0 Å². The van der Waals surface area contributed by atoms with Gasteiger partial charge in [-0.3, -0.25) is 15.1 Å². The average Bonchev–Trinajstić information content (AvgIpc) is 2.68. The summed E-state index contributed by atoms with van der Waals surface area (Å²) in [5.41, 5.74) is 8.49. The van der Waals surface area contributed by atoms with Crippen molar-refractivity contribution < 1.29 is 4.79 Å². The number of amides is 1. The summed E-state index contributed by atoms with van der Waals surface area (Å²) in [4.78, 5) is 14.8. The van der Waals surface area contributed by atoms with E-state index in [-0.39, 0.29) is 17.7 Å². The van der Waals surface area contributed by atoms with Crippen molar-refractivity contribution in [2.24, 2.45) is 11.7 Å². The molecule has 3 rings (SSSR count). The molecule has 5 nitrogen and oxygen atoms in total. The second kappa shape index (κ2) is 8.63. The fourth-order valence-electron chi connectivity index (χ4n) is 3.33. The SMILES string of the molecule is N=C(N)c1ccc(CNC(=O)C2CCN(Cc3ccccc3)CC2)cc1. The molecule has 0 radical (unpaired) electrons. The van der Waals surface area contributed by atoms with E-state index >= 15 is 0 Å². The van der Waals surface area contributed by atoms with E-state index in [0.29, 0.717) is 12.1 Å². The number of carbonyl (C=O) groups excluding carboxylic acids is 1. The molecule has 4 N–H and O–H groups in total. The van der Waals surface area contributed by atoms with E-state index in [9.17, 15) is 4.79 Å². The maximum atomic E-state index is 12.4. The molecule has 0 unspecified atom stereocenters. The molecule has 1 aliphatic heterocycles. The Hall–Kier alpha value is -2.66. The number of benzene rings is 2. The maximum absolute atomic E-state index is 12.4. The molecule has 1 heterocycles. The minimum atomic E-state index is 0.0582. The Bertz CT molecular complexity index is 734. The van der Waals surface area contributed by atoms with Crippen LogP contribution in [0.4, 0.5) is 0 Å². The third kappa shape index (κ3) is 4.92. The van der Waals surface area contributed by atoms with Crippen LogP contribution >= 0.6 is 0 Å². The van der Waals surface area contributed by atoms with Gasteiger partial charge in [-0.05, 0) is 37.1 Å². The lowest BCUT2D eigenvalue weighted by Crippen LogP contribution is -2.40. The summed E-state index contributed by atoms with van der Waals surface area (Å²) in [7, 11) is 0. The predicted molar refractivity (Wildman–Crippen MR) is 104 cm³/mol. The van der Waals surface area contributed by atoms with E-state index in [2.05, 4.69) is 34.5 Å². The van der Waals surface area contributed by atoms with Gasteiger partial charge in [-0.1, -0.05) is 54.6 Å². The van der Waals surface area contributed by atoms with Gasteiger partial charge in [0.15, 0.2) is 0 Å². The number of hydrogen-bond donors (Lipinski definition) is 3. The van der Waals surface area contributed by atoms with Crippen LogP contribution in [0.1, 0.15) is 29.5 Å². The molecule has 0 aromatic heterocycles. The molecule has 0 spiro atoms. The zero-order valence-electron chi connectivity index (χ0n) is 14.9. The first-order valence-corrected chi connectivity index (χ1v) is 9.09. The normalized spacial score (nSPS) is 15.5. The number of likely N-dealkylation sites (tertiary alicyclic amines) is 1. The van der Waals surface area contributed by atoms with E-state index in [4.69, 9.17) is 11.1 Å². The Balaban J connectivity index is 1.42. The second-order valence-electron chi connectivity index (χ2n) is 6.86. The molecule has 0 bridgehead atoms. The van der Waals surface area contributed by atoms with E-state index in [0.717, 1.165) is 38.0 Å². The molecule has 5 heteroatoms. The van der Waals surface area contributed by atoms with Crippen LogP contribution in [0.3, 0.4) is 0 Å². The highest BCUT2D eigenvalue weighted by Gasteiger charge is 2.24. The van der Waals surface area contributed by atoms with Crippen molar-refractivity contribution in [1.82, 2.24) is 10.2 Å². The molecule has 1 saturated heterocycles. The number of hydrogen-bond acceptors (Lipinski definition) is 3. The molecule has 2 aromatic rings. The highest BCUT2D eigenvalue weighted by atomic mass is 16.1. The highest BCUT2D eigenvalue weighted by molar-refractivity contribution is 5.94. The van der Waals surface area contributed by atoms with Crippen LogP contribution < -0.4 is 11.1 Å². The zero-order valence-corrected chi connectivity index (χ0v) is 14.9. The molecule has 0 atom stereocenters. The minimum Gasteiger partial charge on any atom is -0.384 e. The van der Waals surface area contributed by atoms with Gasteiger partial charge in [0.25, 0.3) is 0 Å². The number of carbonyl (C=O) groups is 1. The maximum Gasteiger partial charge on any atom is 0.223 e. The van der Waals surface area contributed by atoms with Gasteiger partial charge in [0.05, 0.1) is 0 Å². The fourth-order valence-corrected chi connectivity index (χ4v) is 3.33. The summed E-state index contributed by atoms with van der Waals surface area (Å²) in [5.74, 6) is 0.293. The smallest absolute Gasteiger partial charge is 0.223 e. The van der Waals surface area contributed by atoms with Gasteiger partial charge in [0.1, 0.15) is 5.84 Å². The molecule has 1 fully saturated rings. The first-order valence-electron chi connectivity index (χ1n) is 9.09. The van der Waals surface area contributed by atoms with Crippen molar-refractivity contribution in [2.45, 2.75) is 25.9 Å². The number of rotatable bonds is 6. The molecular formula is C21H26N4O.